The van der Waals surface area contributed by atoms with E-state index in [2.05, 4.69) is 10.6 Å². The molecular formula is C15H13N3O2. The summed E-state index contributed by atoms with van der Waals surface area (Å²) in [5.74, 6) is 0. The van der Waals surface area contributed by atoms with Gasteiger partial charge in [0.2, 0.25) is 0 Å². The third-order valence-corrected chi connectivity index (χ3v) is 2.67. The molecule has 2 aromatic rings. The van der Waals surface area contributed by atoms with E-state index in [1.807, 2.05) is 6.07 Å². The monoisotopic (exact) mass is 267 g/mol. The Kier molecular flexibility index (Phi) is 4.32. The molecule has 0 saturated heterocycles. The number of carbonyl (C=O) groups is 1. The number of nitrogens with zero attached hydrogens (tertiary/aromatic N) is 1. The first-order valence-corrected chi connectivity index (χ1v) is 5.99. The van der Waals surface area contributed by atoms with Gasteiger partial charge in [-0.3, -0.25) is 0 Å². The van der Waals surface area contributed by atoms with Gasteiger partial charge in [-0.05, 0) is 42.0 Å². The Balaban J connectivity index is 1.95. The second kappa shape index (κ2) is 6.36. The van der Waals surface area contributed by atoms with Gasteiger partial charge >= 0.3 is 6.03 Å². The summed E-state index contributed by atoms with van der Waals surface area (Å²) in [4.78, 5) is 11.8. The highest BCUT2D eigenvalue weighted by Gasteiger charge is 2.02. The SMILES string of the molecule is N#Cc1ccc(NC(=O)Nc2ccc(CO)cc2)cc1. The second-order valence-electron chi connectivity index (χ2n) is 4.12. The zero-order valence-corrected chi connectivity index (χ0v) is 10.6. The van der Waals surface area contributed by atoms with Crippen LogP contribution >= 0.6 is 0 Å². The Morgan fingerprint density at radius 2 is 1.50 bits per heavy atom. The number of benzene rings is 2. The molecule has 0 aliphatic rings. The van der Waals surface area contributed by atoms with Crippen molar-refractivity contribution in [2.45, 2.75) is 6.61 Å². The normalized spacial score (nSPS) is 9.60. The topological polar surface area (TPSA) is 85.2 Å². The lowest BCUT2D eigenvalue weighted by Gasteiger charge is -2.08. The summed E-state index contributed by atoms with van der Waals surface area (Å²) in [6, 6.07) is 15.1. The van der Waals surface area contributed by atoms with Crippen LogP contribution in [0.2, 0.25) is 0 Å². The highest BCUT2D eigenvalue weighted by atomic mass is 16.3. The number of aliphatic hydroxyl groups is 1. The van der Waals surface area contributed by atoms with E-state index in [1.165, 1.54) is 0 Å². The van der Waals surface area contributed by atoms with Crippen molar-refractivity contribution in [1.29, 1.82) is 5.26 Å². The molecule has 0 radical (unpaired) electrons. The summed E-state index contributed by atoms with van der Waals surface area (Å²) in [7, 11) is 0. The second-order valence-corrected chi connectivity index (χ2v) is 4.12. The van der Waals surface area contributed by atoms with Crippen LogP contribution in [0, 0.1) is 11.3 Å². The van der Waals surface area contributed by atoms with Crippen LogP contribution in [0.3, 0.4) is 0 Å². The Bertz CT molecular complexity index is 628. The van der Waals surface area contributed by atoms with Gasteiger partial charge in [0.05, 0.1) is 18.2 Å². The Morgan fingerprint density at radius 3 is 1.95 bits per heavy atom. The minimum Gasteiger partial charge on any atom is -0.392 e. The molecule has 20 heavy (non-hydrogen) atoms. The van der Waals surface area contributed by atoms with Crippen LogP contribution in [-0.4, -0.2) is 11.1 Å². The van der Waals surface area contributed by atoms with Gasteiger partial charge in [-0.25, -0.2) is 4.79 Å². The summed E-state index contributed by atoms with van der Waals surface area (Å²) in [5, 5.41) is 22.9. The molecule has 5 heteroatoms. The molecule has 0 aliphatic carbocycles. The van der Waals surface area contributed by atoms with Gasteiger partial charge in [0.25, 0.3) is 0 Å². The fourth-order valence-electron chi connectivity index (χ4n) is 1.62. The Labute approximate surface area is 116 Å². The summed E-state index contributed by atoms with van der Waals surface area (Å²) in [6.45, 7) is -0.0300. The predicted molar refractivity (Wildman–Crippen MR) is 76.2 cm³/mol. The maximum absolute atomic E-state index is 11.8. The average molecular weight is 267 g/mol. The highest BCUT2D eigenvalue weighted by molar-refractivity contribution is 5.99. The van der Waals surface area contributed by atoms with Gasteiger partial charge < -0.3 is 15.7 Å². The number of amides is 2. The van der Waals surface area contributed by atoms with Crippen molar-refractivity contribution < 1.29 is 9.90 Å². The largest absolute Gasteiger partial charge is 0.392 e. The first kappa shape index (κ1) is 13.6. The van der Waals surface area contributed by atoms with E-state index in [4.69, 9.17) is 10.4 Å². The first-order valence-electron chi connectivity index (χ1n) is 5.99. The molecule has 5 nitrogen and oxygen atoms in total. The molecular weight excluding hydrogens is 254 g/mol. The summed E-state index contributed by atoms with van der Waals surface area (Å²) in [6.07, 6.45) is 0. The summed E-state index contributed by atoms with van der Waals surface area (Å²) < 4.78 is 0. The van der Waals surface area contributed by atoms with Gasteiger partial charge in [0.1, 0.15) is 0 Å². The zero-order chi connectivity index (χ0) is 14.4. The van der Waals surface area contributed by atoms with E-state index >= 15 is 0 Å². The van der Waals surface area contributed by atoms with Gasteiger partial charge in [-0.2, -0.15) is 5.26 Å². The highest BCUT2D eigenvalue weighted by Crippen LogP contribution is 2.12. The average Bonchev–Trinajstić information content (AvgIpc) is 2.49. The Hall–Kier alpha value is -2.84. The standard InChI is InChI=1S/C15H13N3O2/c16-9-11-1-5-13(6-2-11)17-15(20)18-14-7-3-12(10-19)4-8-14/h1-8,19H,10H2,(H2,17,18,20). The first-order chi connectivity index (χ1) is 9.71. The van der Waals surface area contributed by atoms with Gasteiger partial charge in [0.15, 0.2) is 0 Å². The molecule has 0 aromatic heterocycles. The maximum Gasteiger partial charge on any atom is 0.323 e. The minimum absolute atomic E-state index is 0.0300. The van der Waals surface area contributed by atoms with E-state index < -0.39 is 0 Å². The van der Waals surface area contributed by atoms with Gasteiger partial charge in [0, 0.05) is 11.4 Å². The van der Waals surface area contributed by atoms with Crippen molar-refractivity contribution in [2.75, 3.05) is 10.6 Å². The third kappa shape index (κ3) is 3.57. The van der Waals surface area contributed by atoms with Crippen LogP contribution in [0.4, 0.5) is 16.2 Å². The Morgan fingerprint density at radius 1 is 1.00 bits per heavy atom. The molecule has 0 saturated carbocycles. The van der Waals surface area contributed by atoms with E-state index in [9.17, 15) is 4.79 Å². The van der Waals surface area contributed by atoms with E-state index in [0.717, 1.165) is 5.56 Å². The quantitative estimate of drug-likeness (QED) is 0.799. The maximum atomic E-state index is 11.8. The number of urea groups is 1. The predicted octanol–water partition coefficient (Wildman–Crippen LogP) is 2.69. The molecule has 0 fully saturated rings. The number of anilines is 2. The lowest BCUT2D eigenvalue weighted by atomic mass is 10.2. The molecule has 0 unspecified atom stereocenters. The number of hydrogen-bond acceptors (Lipinski definition) is 3. The van der Waals surface area contributed by atoms with Crippen LogP contribution in [0.15, 0.2) is 48.5 Å². The molecule has 0 heterocycles. The number of carbonyl (C=O) groups excluding carboxylic acids is 1. The molecule has 2 rings (SSSR count). The van der Waals surface area contributed by atoms with Crippen LogP contribution in [-0.2, 0) is 6.61 Å². The van der Waals surface area contributed by atoms with Crippen LogP contribution in [0.5, 0.6) is 0 Å². The molecule has 3 N–H and O–H groups in total. The van der Waals surface area contributed by atoms with E-state index in [-0.39, 0.29) is 12.6 Å². The van der Waals surface area contributed by atoms with Crippen molar-refractivity contribution in [3.05, 3.63) is 59.7 Å². The number of nitrogens with one attached hydrogen (secondary N) is 2. The molecule has 100 valence electrons. The zero-order valence-electron chi connectivity index (χ0n) is 10.6. The summed E-state index contributed by atoms with van der Waals surface area (Å²) >= 11 is 0. The van der Waals surface area contributed by atoms with E-state index in [1.54, 1.807) is 48.5 Å². The van der Waals surface area contributed by atoms with Crippen LogP contribution in [0.25, 0.3) is 0 Å². The minimum atomic E-state index is -0.369. The van der Waals surface area contributed by atoms with Crippen molar-refractivity contribution in [1.82, 2.24) is 0 Å². The van der Waals surface area contributed by atoms with Gasteiger partial charge in [-0.15, -0.1) is 0 Å². The van der Waals surface area contributed by atoms with Crippen molar-refractivity contribution >= 4 is 17.4 Å². The lowest BCUT2D eigenvalue weighted by molar-refractivity contribution is 0.262. The number of rotatable bonds is 3. The van der Waals surface area contributed by atoms with Crippen molar-refractivity contribution in [3.8, 4) is 6.07 Å². The fourth-order valence-corrected chi connectivity index (χ4v) is 1.62. The smallest absolute Gasteiger partial charge is 0.323 e. The molecule has 2 amide bonds. The molecule has 0 aliphatic heterocycles. The molecule has 2 aromatic carbocycles. The van der Waals surface area contributed by atoms with Crippen molar-refractivity contribution in [2.24, 2.45) is 0 Å². The molecule has 0 bridgehead atoms. The lowest BCUT2D eigenvalue weighted by Crippen LogP contribution is -2.19. The third-order valence-electron chi connectivity index (χ3n) is 2.67. The number of aliphatic hydroxyl groups excluding tert-OH is 1. The van der Waals surface area contributed by atoms with Crippen molar-refractivity contribution in [3.63, 3.8) is 0 Å². The van der Waals surface area contributed by atoms with E-state index in [0.29, 0.717) is 16.9 Å². The molecule has 0 atom stereocenters. The summed E-state index contributed by atoms with van der Waals surface area (Å²) in [5.41, 5.74) is 2.56. The fraction of sp³-hybridized carbons (Fsp3) is 0.0667. The van der Waals surface area contributed by atoms with Gasteiger partial charge in [-0.1, -0.05) is 12.1 Å². The number of nitriles is 1. The van der Waals surface area contributed by atoms with Crippen LogP contribution in [0.1, 0.15) is 11.1 Å². The number of hydrogen-bond donors (Lipinski definition) is 3. The molecule has 0 spiro atoms. The van der Waals surface area contributed by atoms with Crippen LogP contribution < -0.4 is 10.6 Å².